The van der Waals surface area contributed by atoms with Crippen LogP contribution in [0, 0.1) is 5.41 Å². The summed E-state index contributed by atoms with van der Waals surface area (Å²) < 4.78 is 5.00. The number of nitrogens with two attached hydrogens (primary N) is 1. The van der Waals surface area contributed by atoms with Crippen LogP contribution in [0.5, 0.6) is 0 Å². The van der Waals surface area contributed by atoms with E-state index in [2.05, 4.69) is 22.7 Å². The van der Waals surface area contributed by atoms with E-state index in [9.17, 15) is 0 Å². The van der Waals surface area contributed by atoms with Crippen LogP contribution in [0.15, 0.2) is 4.99 Å². The van der Waals surface area contributed by atoms with Gasteiger partial charge in [-0.3, -0.25) is 10.4 Å². The first-order chi connectivity index (χ1) is 8.70. The Kier molecular flexibility index (Phi) is 7.05. The molecule has 1 aliphatic carbocycles. The molecular formula is C13H28N4O. The van der Waals surface area contributed by atoms with Gasteiger partial charge in [0.15, 0.2) is 0 Å². The van der Waals surface area contributed by atoms with Gasteiger partial charge in [0, 0.05) is 26.8 Å². The van der Waals surface area contributed by atoms with Crippen LogP contribution in [-0.2, 0) is 4.74 Å². The van der Waals surface area contributed by atoms with Gasteiger partial charge in [-0.25, -0.2) is 5.84 Å². The minimum atomic E-state index is 0.356. The van der Waals surface area contributed by atoms with Crippen molar-refractivity contribution in [1.29, 1.82) is 0 Å². The number of guanidine groups is 1. The van der Waals surface area contributed by atoms with Crippen LogP contribution in [0.3, 0.4) is 0 Å². The van der Waals surface area contributed by atoms with Crippen LogP contribution >= 0.6 is 0 Å². The predicted octanol–water partition coefficient (Wildman–Crippen LogP) is 1.40. The number of hydrogen-bond donors (Lipinski definition) is 3. The maximum absolute atomic E-state index is 5.47. The Balaban J connectivity index is 2.31. The monoisotopic (exact) mass is 256 g/mol. The lowest BCUT2D eigenvalue weighted by molar-refractivity contribution is 0.195. The third kappa shape index (κ3) is 5.69. The molecule has 0 aliphatic heterocycles. The quantitative estimate of drug-likeness (QED) is 0.221. The van der Waals surface area contributed by atoms with E-state index < -0.39 is 0 Å². The van der Waals surface area contributed by atoms with Gasteiger partial charge >= 0.3 is 0 Å². The Morgan fingerprint density at radius 3 is 2.67 bits per heavy atom. The molecule has 0 aromatic carbocycles. The van der Waals surface area contributed by atoms with Gasteiger partial charge in [-0.2, -0.15) is 0 Å². The molecule has 0 aromatic rings. The molecule has 0 radical (unpaired) electrons. The summed E-state index contributed by atoms with van der Waals surface area (Å²) in [6.45, 7) is 4.76. The van der Waals surface area contributed by atoms with Gasteiger partial charge in [-0.05, 0) is 24.7 Å². The predicted molar refractivity (Wildman–Crippen MR) is 75.3 cm³/mol. The topological polar surface area (TPSA) is 71.7 Å². The molecule has 106 valence electrons. The zero-order valence-corrected chi connectivity index (χ0v) is 11.8. The summed E-state index contributed by atoms with van der Waals surface area (Å²) in [5.74, 6) is 6.16. The van der Waals surface area contributed by atoms with Gasteiger partial charge in [0.05, 0.1) is 0 Å². The van der Waals surface area contributed by atoms with Gasteiger partial charge in [0.25, 0.3) is 0 Å². The Morgan fingerprint density at radius 2 is 2.06 bits per heavy atom. The molecule has 0 heterocycles. The standard InChI is InChI=1S/C13H28N4O/c1-13(7-4-3-5-8-13)11-16-12(17-14)15-9-6-10-18-2/h3-11,14H2,1-2H3,(H2,15,16,17). The summed E-state index contributed by atoms with van der Waals surface area (Å²) in [6.07, 6.45) is 7.54. The highest BCUT2D eigenvalue weighted by atomic mass is 16.5. The van der Waals surface area contributed by atoms with Gasteiger partial charge < -0.3 is 10.1 Å². The van der Waals surface area contributed by atoms with Gasteiger partial charge in [0.1, 0.15) is 0 Å². The molecule has 5 heteroatoms. The summed E-state index contributed by atoms with van der Waals surface area (Å²) in [4.78, 5) is 4.56. The summed E-state index contributed by atoms with van der Waals surface area (Å²) >= 11 is 0. The van der Waals surface area contributed by atoms with E-state index in [0.29, 0.717) is 11.4 Å². The minimum absolute atomic E-state index is 0.356. The van der Waals surface area contributed by atoms with Crippen LogP contribution in [-0.4, -0.2) is 32.8 Å². The third-order valence-electron chi connectivity index (χ3n) is 3.63. The second kappa shape index (κ2) is 8.32. The number of nitrogens with one attached hydrogen (secondary N) is 2. The van der Waals surface area contributed by atoms with Crippen LogP contribution in [0.25, 0.3) is 0 Å². The van der Waals surface area contributed by atoms with Gasteiger partial charge in [-0.15, -0.1) is 0 Å². The minimum Gasteiger partial charge on any atom is -0.385 e. The molecule has 0 spiro atoms. The molecule has 4 N–H and O–H groups in total. The van der Waals surface area contributed by atoms with E-state index in [4.69, 9.17) is 10.6 Å². The normalized spacial score (nSPS) is 19.6. The SMILES string of the molecule is COCCCNC(=NCC1(C)CCCCC1)NN. The fourth-order valence-electron chi connectivity index (χ4n) is 2.41. The summed E-state index contributed by atoms with van der Waals surface area (Å²) in [5, 5.41) is 3.19. The lowest BCUT2D eigenvalue weighted by Gasteiger charge is -2.32. The van der Waals surface area contributed by atoms with Crippen LogP contribution in [0.4, 0.5) is 0 Å². The molecule has 18 heavy (non-hydrogen) atoms. The lowest BCUT2D eigenvalue weighted by Crippen LogP contribution is -2.43. The second-order valence-electron chi connectivity index (χ2n) is 5.45. The molecule has 1 fully saturated rings. The number of aliphatic imine (C=N–C) groups is 1. The fraction of sp³-hybridized carbons (Fsp3) is 0.923. The zero-order chi connectivity index (χ0) is 13.3. The van der Waals surface area contributed by atoms with Crippen molar-refractivity contribution in [3.63, 3.8) is 0 Å². The maximum Gasteiger partial charge on any atom is 0.205 e. The summed E-state index contributed by atoms with van der Waals surface area (Å²) in [5.41, 5.74) is 2.99. The first-order valence-electron chi connectivity index (χ1n) is 6.94. The highest BCUT2D eigenvalue weighted by Gasteiger charge is 2.26. The Bertz CT molecular complexity index is 249. The van der Waals surface area contributed by atoms with Crippen molar-refractivity contribution in [3.05, 3.63) is 0 Å². The zero-order valence-electron chi connectivity index (χ0n) is 11.8. The third-order valence-corrected chi connectivity index (χ3v) is 3.63. The molecule has 0 saturated heterocycles. The second-order valence-corrected chi connectivity index (χ2v) is 5.45. The first kappa shape index (κ1) is 15.2. The molecule has 0 bridgehead atoms. The summed E-state index contributed by atoms with van der Waals surface area (Å²) in [7, 11) is 1.71. The van der Waals surface area contributed by atoms with Crippen molar-refractivity contribution in [2.75, 3.05) is 26.8 Å². The maximum atomic E-state index is 5.47. The first-order valence-corrected chi connectivity index (χ1v) is 6.94. The van der Waals surface area contributed by atoms with E-state index in [1.165, 1.54) is 32.1 Å². The molecule has 5 nitrogen and oxygen atoms in total. The molecule has 1 rings (SSSR count). The fourth-order valence-corrected chi connectivity index (χ4v) is 2.41. The van der Waals surface area contributed by atoms with E-state index in [0.717, 1.165) is 26.1 Å². The highest BCUT2D eigenvalue weighted by molar-refractivity contribution is 5.79. The number of nitrogens with zero attached hydrogens (tertiary/aromatic N) is 1. The smallest absolute Gasteiger partial charge is 0.205 e. The van der Waals surface area contributed by atoms with Crippen molar-refractivity contribution >= 4 is 5.96 Å². The number of ether oxygens (including phenoxy) is 1. The number of hydrazine groups is 1. The van der Waals surface area contributed by atoms with Crippen LogP contribution in [0.2, 0.25) is 0 Å². The van der Waals surface area contributed by atoms with E-state index in [-0.39, 0.29) is 0 Å². The highest BCUT2D eigenvalue weighted by Crippen LogP contribution is 2.35. The molecule has 0 aromatic heterocycles. The van der Waals surface area contributed by atoms with Gasteiger partial charge in [-0.1, -0.05) is 26.2 Å². The number of hydrogen-bond acceptors (Lipinski definition) is 3. The van der Waals surface area contributed by atoms with E-state index in [1.54, 1.807) is 7.11 Å². The van der Waals surface area contributed by atoms with Crippen molar-refractivity contribution in [3.8, 4) is 0 Å². The Morgan fingerprint density at radius 1 is 1.33 bits per heavy atom. The van der Waals surface area contributed by atoms with Gasteiger partial charge in [0.2, 0.25) is 5.96 Å². The molecular weight excluding hydrogens is 228 g/mol. The molecule has 0 atom stereocenters. The van der Waals surface area contributed by atoms with Crippen molar-refractivity contribution in [1.82, 2.24) is 10.7 Å². The average molecular weight is 256 g/mol. The Hall–Kier alpha value is -0.810. The van der Waals surface area contributed by atoms with Crippen molar-refractivity contribution in [2.24, 2.45) is 16.3 Å². The number of rotatable bonds is 6. The van der Waals surface area contributed by atoms with E-state index >= 15 is 0 Å². The number of methoxy groups -OCH3 is 1. The molecule has 1 aliphatic rings. The molecule has 0 amide bonds. The van der Waals surface area contributed by atoms with Crippen molar-refractivity contribution in [2.45, 2.75) is 45.4 Å². The largest absolute Gasteiger partial charge is 0.385 e. The lowest BCUT2D eigenvalue weighted by atomic mass is 9.76. The summed E-state index contributed by atoms with van der Waals surface area (Å²) in [6, 6.07) is 0. The van der Waals surface area contributed by atoms with Crippen LogP contribution < -0.4 is 16.6 Å². The Labute approximate surface area is 111 Å². The van der Waals surface area contributed by atoms with Crippen LogP contribution in [0.1, 0.15) is 45.4 Å². The van der Waals surface area contributed by atoms with Crippen molar-refractivity contribution < 1.29 is 4.74 Å². The molecule has 1 saturated carbocycles. The average Bonchev–Trinajstić information content (AvgIpc) is 2.39. The molecule has 0 unspecified atom stereocenters. The van der Waals surface area contributed by atoms with E-state index in [1.807, 2.05) is 0 Å².